The lowest BCUT2D eigenvalue weighted by Gasteiger charge is -2.46. The van der Waals surface area contributed by atoms with Crippen molar-refractivity contribution in [2.24, 2.45) is 0 Å². The molecule has 0 saturated carbocycles. The molecule has 140 valence electrons. The first kappa shape index (κ1) is 22.7. The van der Waals surface area contributed by atoms with Crippen LogP contribution in [-0.4, -0.2) is 38.4 Å². The van der Waals surface area contributed by atoms with Crippen molar-refractivity contribution in [3.63, 3.8) is 0 Å². The summed E-state index contributed by atoms with van der Waals surface area (Å²) in [5, 5.41) is 0. The van der Waals surface area contributed by atoms with Gasteiger partial charge < -0.3 is 9.79 Å². The van der Waals surface area contributed by atoms with Crippen LogP contribution in [0.3, 0.4) is 0 Å². The Morgan fingerprint density at radius 2 is 1.48 bits per heavy atom. The molecule has 0 amide bonds. The lowest BCUT2D eigenvalue weighted by atomic mass is 9.85. The van der Waals surface area contributed by atoms with Gasteiger partial charge in [0.15, 0.2) is 0 Å². The van der Waals surface area contributed by atoms with Crippen LogP contribution in [-0.2, 0) is 4.57 Å². The van der Waals surface area contributed by atoms with Crippen molar-refractivity contribution in [3.8, 4) is 0 Å². The molecular formula is C12H22F6NO3P. The monoisotopic (exact) mass is 373 g/mol. The summed E-state index contributed by atoms with van der Waals surface area (Å²) in [7, 11) is -5.19. The van der Waals surface area contributed by atoms with Crippen LogP contribution >= 0.6 is 7.75 Å². The molecule has 0 aliphatic rings. The van der Waals surface area contributed by atoms with Crippen LogP contribution in [0, 0.1) is 0 Å². The standard InChI is InChI=1S/C12H22F6NO3P/c1-4-9(3)19(23(20,21)22)10(5-2,8-12(16,17)18)6-7-11(13,14)15/h9H,4-8H2,1-3H3,(H2,20,21,22). The summed E-state index contributed by atoms with van der Waals surface area (Å²) >= 11 is 0. The lowest BCUT2D eigenvalue weighted by molar-refractivity contribution is -0.174. The molecule has 11 heteroatoms. The number of alkyl halides is 6. The van der Waals surface area contributed by atoms with Crippen molar-refractivity contribution < 1.29 is 40.7 Å². The van der Waals surface area contributed by atoms with Crippen molar-refractivity contribution in [3.05, 3.63) is 0 Å². The molecule has 2 N–H and O–H groups in total. The average molecular weight is 373 g/mol. The fourth-order valence-corrected chi connectivity index (χ4v) is 4.21. The van der Waals surface area contributed by atoms with Crippen LogP contribution in [0.2, 0.25) is 0 Å². The van der Waals surface area contributed by atoms with E-state index in [9.17, 15) is 40.7 Å². The van der Waals surface area contributed by atoms with E-state index in [0.717, 1.165) is 0 Å². The molecule has 0 radical (unpaired) electrons. The first-order valence-electron chi connectivity index (χ1n) is 7.07. The van der Waals surface area contributed by atoms with Gasteiger partial charge in [-0.25, -0.2) is 4.57 Å². The zero-order valence-electron chi connectivity index (χ0n) is 13.1. The Kier molecular flexibility index (Phi) is 7.61. The highest BCUT2D eigenvalue weighted by Gasteiger charge is 2.52. The summed E-state index contributed by atoms with van der Waals surface area (Å²) in [5.41, 5.74) is -2.32. The zero-order chi connectivity index (χ0) is 18.7. The third kappa shape index (κ3) is 7.41. The Morgan fingerprint density at radius 3 is 1.74 bits per heavy atom. The highest BCUT2D eigenvalue weighted by atomic mass is 31.2. The molecule has 0 aliphatic heterocycles. The Morgan fingerprint density at radius 1 is 1.00 bits per heavy atom. The smallest absolute Gasteiger partial charge is 0.312 e. The van der Waals surface area contributed by atoms with Crippen LogP contribution < -0.4 is 0 Å². The second-order valence-corrected chi connectivity index (χ2v) is 7.06. The van der Waals surface area contributed by atoms with E-state index in [1.807, 2.05) is 0 Å². The van der Waals surface area contributed by atoms with Gasteiger partial charge in [-0.05, 0) is 26.2 Å². The molecule has 0 aromatic rings. The minimum atomic E-state index is -5.19. The van der Waals surface area contributed by atoms with Crippen molar-refractivity contribution in [1.29, 1.82) is 0 Å². The van der Waals surface area contributed by atoms with Crippen LogP contribution in [0.4, 0.5) is 26.3 Å². The van der Waals surface area contributed by atoms with Gasteiger partial charge >= 0.3 is 20.1 Å². The largest absolute Gasteiger partial charge is 0.403 e. The maximum atomic E-state index is 12.9. The first-order valence-corrected chi connectivity index (χ1v) is 8.63. The van der Waals surface area contributed by atoms with E-state index in [1.165, 1.54) is 20.8 Å². The predicted octanol–water partition coefficient (Wildman–Crippen LogP) is 4.62. The highest BCUT2D eigenvalue weighted by Crippen LogP contribution is 2.54. The van der Waals surface area contributed by atoms with Crippen LogP contribution in [0.15, 0.2) is 0 Å². The summed E-state index contributed by atoms with van der Waals surface area (Å²) in [6, 6.07) is -1.01. The van der Waals surface area contributed by atoms with Gasteiger partial charge in [0.25, 0.3) is 0 Å². The van der Waals surface area contributed by atoms with Gasteiger partial charge in [0.1, 0.15) is 0 Å². The number of hydrogen-bond donors (Lipinski definition) is 2. The van der Waals surface area contributed by atoms with E-state index in [-0.39, 0.29) is 6.42 Å². The fourth-order valence-electron chi connectivity index (χ4n) is 2.67. The molecular weight excluding hydrogens is 351 g/mol. The van der Waals surface area contributed by atoms with Crippen LogP contribution in [0.25, 0.3) is 0 Å². The Bertz CT molecular complexity index is 422. The predicted molar refractivity (Wildman–Crippen MR) is 72.6 cm³/mol. The minimum Gasteiger partial charge on any atom is -0.312 e. The van der Waals surface area contributed by atoms with Gasteiger partial charge in [-0.2, -0.15) is 31.0 Å². The van der Waals surface area contributed by atoms with E-state index in [4.69, 9.17) is 0 Å². The maximum Gasteiger partial charge on any atom is 0.403 e. The van der Waals surface area contributed by atoms with E-state index in [2.05, 4.69) is 0 Å². The second kappa shape index (κ2) is 7.72. The topological polar surface area (TPSA) is 60.8 Å². The lowest BCUT2D eigenvalue weighted by Crippen LogP contribution is -2.53. The first-order chi connectivity index (χ1) is 10.1. The molecule has 0 aromatic carbocycles. The third-order valence-electron chi connectivity index (χ3n) is 3.84. The zero-order valence-corrected chi connectivity index (χ0v) is 14.0. The molecule has 0 aliphatic carbocycles. The van der Waals surface area contributed by atoms with Crippen LogP contribution in [0.5, 0.6) is 0 Å². The molecule has 4 nitrogen and oxygen atoms in total. The number of hydrogen-bond acceptors (Lipinski definition) is 1. The van der Waals surface area contributed by atoms with Crippen molar-refractivity contribution in [1.82, 2.24) is 4.67 Å². The van der Waals surface area contributed by atoms with Gasteiger partial charge in [0, 0.05) is 18.0 Å². The van der Waals surface area contributed by atoms with Crippen LogP contribution in [0.1, 0.15) is 52.9 Å². The Hall–Kier alpha value is -0.310. The van der Waals surface area contributed by atoms with Crippen molar-refractivity contribution in [2.45, 2.75) is 76.8 Å². The van der Waals surface area contributed by atoms with E-state index in [0.29, 0.717) is 4.67 Å². The Balaban J connectivity index is 5.98. The summed E-state index contributed by atoms with van der Waals surface area (Å²) in [6.45, 7) is 3.98. The summed E-state index contributed by atoms with van der Waals surface area (Å²) in [6.07, 6.45) is -14.3. The average Bonchev–Trinajstić information content (AvgIpc) is 2.31. The van der Waals surface area contributed by atoms with E-state index in [1.54, 1.807) is 0 Å². The molecule has 0 rings (SSSR count). The molecule has 2 unspecified atom stereocenters. The normalized spacial score (nSPS) is 18.1. The summed E-state index contributed by atoms with van der Waals surface area (Å²) in [4.78, 5) is 18.9. The number of rotatable bonds is 8. The highest BCUT2D eigenvalue weighted by molar-refractivity contribution is 7.49. The second-order valence-electron chi connectivity index (χ2n) is 5.60. The molecule has 0 saturated heterocycles. The maximum absolute atomic E-state index is 12.9. The molecule has 0 heterocycles. The molecule has 2 atom stereocenters. The molecule has 0 spiro atoms. The molecule has 23 heavy (non-hydrogen) atoms. The van der Waals surface area contributed by atoms with E-state index >= 15 is 0 Å². The SMILES string of the molecule is CCC(C)N(C(CC)(CCC(F)(F)F)CC(F)(F)F)P(=O)(O)O. The van der Waals surface area contributed by atoms with Gasteiger partial charge in [0.05, 0.1) is 6.42 Å². The fraction of sp³-hybridized carbons (Fsp3) is 1.00. The molecule has 0 bridgehead atoms. The summed E-state index contributed by atoms with van der Waals surface area (Å²) in [5.74, 6) is 0. The third-order valence-corrected chi connectivity index (χ3v) is 5.22. The van der Waals surface area contributed by atoms with E-state index < -0.39 is 57.4 Å². The van der Waals surface area contributed by atoms with Crippen molar-refractivity contribution >= 4 is 7.75 Å². The van der Waals surface area contributed by atoms with Gasteiger partial charge in [-0.3, -0.25) is 0 Å². The Labute approximate surface area is 131 Å². The minimum absolute atomic E-state index is 0.0801. The summed E-state index contributed by atoms with van der Waals surface area (Å²) < 4.78 is 88.3. The molecule has 0 fully saturated rings. The number of halogens is 6. The van der Waals surface area contributed by atoms with Gasteiger partial charge in [0.2, 0.25) is 0 Å². The van der Waals surface area contributed by atoms with Gasteiger partial charge in [-0.15, -0.1) is 0 Å². The number of nitrogens with zero attached hydrogens (tertiary/aromatic N) is 1. The van der Waals surface area contributed by atoms with Gasteiger partial charge in [-0.1, -0.05) is 13.8 Å². The van der Waals surface area contributed by atoms with Crippen molar-refractivity contribution in [2.75, 3.05) is 0 Å². The molecule has 0 aromatic heterocycles. The quantitative estimate of drug-likeness (QED) is 0.481.